The van der Waals surface area contributed by atoms with E-state index < -0.39 is 17.3 Å². The number of hydrogen-bond acceptors (Lipinski definition) is 1. The Labute approximate surface area is 61.2 Å². The molecule has 0 saturated carbocycles. The van der Waals surface area contributed by atoms with Crippen molar-refractivity contribution in [3.8, 4) is 12.3 Å². The molecule has 0 bridgehead atoms. The number of terminal acetylenes is 1. The van der Waals surface area contributed by atoms with E-state index >= 15 is 0 Å². The molecule has 56 valence electrons. The van der Waals surface area contributed by atoms with Crippen molar-refractivity contribution in [2.45, 2.75) is 20.8 Å². The molecule has 0 amide bonds. The summed E-state index contributed by atoms with van der Waals surface area (Å²) in [5, 5.41) is 8.55. The first-order valence-corrected chi connectivity index (χ1v) is 3.12. The van der Waals surface area contributed by atoms with Gasteiger partial charge in [-0.2, -0.15) is 0 Å². The number of carboxylic acid groups (broad SMARTS) is 1. The average Bonchev–Trinajstić information content (AvgIpc) is 1.86. The summed E-state index contributed by atoms with van der Waals surface area (Å²) in [4.78, 5) is 10.4. The van der Waals surface area contributed by atoms with E-state index in [0.717, 1.165) is 0 Å². The number of carboxylic acids is 1. The minimum absolute atomic E-state index is 0.488. The van der Waals surface area contributed by atoms with Crippen LogP contribution in [-0.2, 0) is 4.79 Å². The van der Waals surface area contributed by atoms with Crippen LogP contribution in [0, 0.1) is 23.7 Å². The second kappa shape index (κ2) is 2.74. The van der Waals surface area contributed by atoms with Crippen molar-refractivity contribution in [2.75, 3.05) is 0 Å². The van der Waals surface area contributed by atoms with Gasteiger partial charge < -0.3 is 5.11 Å². The van der Waals surface area contributed by atoms with E-state index in [1.54, 1.807) is 20.8 Å². The van der Waals surface area contributed by atoms with E-state index in [1.165, 1.54) is 0 Å². The van der Waals surface area contributed by atoms with Crippen molar-refractivity contribution >= 4 is 5.97 Å². The van der Waals surface area contributed by atoms with Gasteiger partial charge in [-0.25, -0.2) is 0 Å². The van der Waals surface area contributed by atoms with Gasteiger partial charge in [0.25, 0.3) is 0 Å². The van der Waals surface area contributed by atoms with Gasteiger partial charge in [-0.3, -0.25) is 4.79 Å². The molecule has 0 aromatic carbocycles. The largest absolute Gasteiger partial charge is 0.481 e. The van der Waals surface area contributed by atoms with Gasteiger partial charge in [-0.05, 0) is 13.8 Å². The Morgan fingerprint density at radius 1 is 1.70 bits per heavy atom. The van der Waals surface area contributed by atoms with Crippen molar-refractivity contribution in [3.63, 3.8) is 0 Å². The summed E-state index contributed by atoms with van der Waals surface area (Å²) in [7, 11) is 0. The summed E-state index contributed by atoms with van der Waals surface area (Å²) in [6.45, 7) is 5.10. The third-order valence-electron chi connectivity index (χ3n) is 1.82. The molecule has 0 rings (SSSR count). The Morgan fingerprint density at radius 3 is 2.20 bits per heavy atom. The normalized spacial score (nSPS) is 13.8. The van der Waals surface area contributed by atoms with Gasteiger partial charge in [-0.15, -0.1) is 6.42 Å². The molecule has 1 N–H and O–H groups in total. The maximum atomic E-state index is 10.4. The SMILES string of the molecule is C#CC(C)(C)C(C)C(=O)O. The smallest absolute Gasteiger partial charge is 0.307 e. The summed E-state index contributed by atoms with van der Waals surface area (Å²) >= 11 is 0. The molecule has 0 radical (unpaired) electrons. The summed E-state index contributed by atoms with van der Waals surface area (Å²) in [5.41, 5.74) is -0.550. The van der Waals surface area contributed by atoms with Crippen molar-refractivity contribution in [1.29, 1.82) is 0 Å². The van der Waals surface area contributed by atoms with Crippen LogP contribution >= 0.6 is 0 Å². The Bertz CT molecular complexity index is 174. The van der Waals surface area contributed by atoms with Crippen LogP contribution in [0.15, 0.2) is 0 Å². The van der Waals surface area contributed by atoms with Crippen molar-refractivity contribution in [2.24, 2.45) is 11.3 Å². The van der Waals surface area contributed by atoms with E-state index in [-0.39, 0.29) is 0 Å². The Balaban J connectivity index is 4.37. The van der Waals surface area contributed by atoms with Crippen LogP contribution in [0.5, 0.6) is 0 Å². The monoisotopic (exact) mass is 140 g/mol. The number of carbonyl (C=O) groups is 1. The molecule has 0 aliphatic heterocycles. The molecule has 0 aromatic heterocycles. The molecule has 1 atom stereocenters. The molecular weight excluding hydrogens is 128 g/mol. The van der Waals surface area contributed by atoms with Crippen molar-refractivity contribution in [1.82, 2.24) is 0 Å². The fourth-order valence-corrected chi connectivity index (χ4v) is 0.434. The van der Waals surface area contributed by atoms with Crippen LogP contribution in [-0.4, -0.2) is 11.1 Å². The van der Waals surface area contributed by atoms with E-state index in [0.29, 0.717) is 0 Å². The zero-order valence-corrected chi connectivity index (χ0v) is 6.51. The maximum absolute atomic E-state index is 10.4. The second-order valence-corrected chi connectivity index (χ2v) is 2.93. The van der Waals surface area contributed by atoms with E-state index in [2.05, 4.69) is 5.92 Å². The first-order valence-electron chi connectivity index (χ1n) is 3.12. The highest BCUT2D eigenvalue weighted by atomic mass is 16.4. The topological polar surface area (TPSA) is 37.3 Å². The highest BCUT2D eigenvalue weighted by Gasteiger charge is 2.28. The highest BCUT2D eigenvalue weighted by molar-refractivity contribution is 5.71. The second-order valence-electron chi connectivity index (χ2n) is 2.93. The Morgan fingerprint density at radius 2 is 2.10 bits per heavy atom. The van der Waals surface area contributed by atoms with E-state index in [4.69, 9.17) is 11.5 Å². The zero-order valence-electron chi connectivity index (χ0n) is 6.51. The van der Waals surface area contributed by atoms with Crippen LogP contribution in [0.3, 0.4) is 0 Å². The fourth-order valence-electron chi connectivity index (χ4n) is 0.434. The minimum atomic E-state index is -0.844. The molecule has 2 nitrogen and oxygen atoms in total. The van der Waals surface area contributed by atoms with Gasteiger partial charge in [0.05, 0.1) is 5.92 Å². The molecule has 0 aliphatic carbocycles. The first-order chi connectivity index (χ1) is 4.41. The fraction of sp³-hybridized carbons (Fsp3) is 0.625. The lowest BCUT2D eigenvalue weighted by Gasteiger charge is -2.21. The third-order valence-corrected chi connectivity index (χ3v) is 1.82. The molecule has 0 fully saturated rings. The standard InChI is InChI=1S/C8H12O2/c1-5-8(3,4)6(2)7(9)10/h1,6H,2-4H3,(H,9,10). The van der Waals surface area contributed by atoms with Crippen LogP contribution in [0.4, 0.5) is 0 Å². The molecule has 0 spiro atoms. The molecule has 0 aliphatic rings. The van der Waals surface area contributed by atoms with Gasteiger partial charge >= 0.3 is 5.97 Å². The predicted octanol–water partition coefficient (Wildman–Crippen LogP) is 1.37. The quantitative estimate of drug-likeness (QED) is 0.588. The van der Waals surface area contributed by atoms with Gasteiger partial charge in [0.15, 0.2) is 0 Å². The van der Waals surface area contributed by atoms with Crippen LogP contribution < -0.4 is 0 Å². The first kappa shape index (κ1) is 9.03. The van der Waals surface area contributed by atoms with Gasteiger partial charge in [0, 0.05) is 5.41 Å². The predicted molar refractivity (Wildman–Crippen MR) is 39.4 cm³/mol. The number of rotatable bonds is 2. The van der Waals surface area contributed by atoms with Gasteiger partial charge in [-0.1, -0.05) is 12.8 Å². The minimum Gasteiger partial charge on any atom is -0.481 e. The summed E-state index contributed by atoms with van der Waals surface area (Å²) < 4.78 is 0. The van der Waals surface area contributed by atoms with Crippen LogP contribution in [0.2, 0.25) is 0 Å². The Kier molecular flexibility index (Phi) is 2.48. The number of hydrogen-bond donors (Lipinski definition) is 1. The molecular formula is C8H12O2. The summed E-state index contributed by atoms with van der Waals surface area (Å²) in [6.07, 6.45) is 5.13. The lowest BCUT2D eigenvalue weighted by Crippen LogP contribution is -2.26. The highest BCUT2D eigenvalue weighted by Crippen LogP contribution is 2.24. The van der Waals surface area contributed by atoms with Gasteiger partial charge in [0.2, 0.25) is 0 Å². The Hall–Kier alpha value is -0.970. The number of aliphatic carboxylic acids is 1. The molecule has 0 saturated heterocycles. The van der Waals surface area contributed by atoms with Gasteiger partial charge in [0.1, 0.15) is 0 Å². The zero-order chi connectivity index (χ0) is 8.36. The molecule has 1 unspecified atom stereocenters. The van der Waals surface area contributed by atoms with Crippen LogP contribution in [0.25, 0.3) is 0 Å². The van der Waals surface area contributed by atoms with Crippen molar-refractivity contribution in [3.05, 3.63) is 0 Å². The van der Waals surface area contributed by atoms with E-state index in [9.17, 15) is 4.79 Å². The molecule has 0 aromatic rings. The van der Waals surface area contributed by atoms with Crippen LogP contribution in [0.1, 0.15) is 20.8 Å². The van der Waals surface area contributed by atoms with Crippen molar-refractivity contribution < 1.29 is 9.90 Å². The molecule has 10 heavy (non-hydrogen) atoms. The molecule has 2 heteroatoms. The lowest BCUT2D eigenvalue weighted by molar-refractivity contribution is -0.143. The summed E-state index contributed by atoms with van der Waals surface area (Å²) in [6, 6.07) is 0. The van der Waals surface area contributed by atoms with E-state index in [1.807, 2.05) is 0 Å². The lowest BCUT2D eigenvalue weighted by atomic mass is 9.81. The molecule has 0 heterocycles. The summed E-state index contributed by atoms with van der Waals surface area (Å²) in [5.74, 6) is 1.11. The third kappa shape index (κ3) is 1.77. The maximum Gasteiger partial charge on any atom is 0.307 e. The average molecular weight is 140 g/mol.